The lowest BCUT2D eigenvalue weighted by Gasteiger charge is -2.60. The van der Waals surface area contributed by atoms with Crippen molar-refractivity contribution in [3.8, 4) is 0 Å². The van der Waals surface area contributed by atoms with Crippen LogP contribution in [0.3, 0.4) is 0 Å². The fourth-order valence-electron chi connectivity index (χ4n) is 7.02. The third kappa shape index (κ3) is 7.14. The normalized spacial score (nSPS) is 33.9. The maximum atomic E-state index is 12.9. The maximum Gasteiger partial charge on any atom is 0.331 e. The molecule has 3 aliphatic rings. The monoisotopic (exact) mass is 584 g/mol. The average Bonchev–Trinajstić information content (AvgIpc) is 3.21. The number of esters is 3. The summed E-state index contributed by atoms with van der Waals surface area (Å²) in [4.78, 5) is 37.2. The van der Waals surface area contributed by atoms with Gasteiger partial charge in [-0.3, -0.25) is 14.3 Å². The van der Waals surface area contributed by atoms with Crippen molar-refractivity contribution in [2.45, 2.75) is 111 Å². The van der Waals surface area contributed by atoms with Crippen LogP contribution in [-0.4, -0.2) is 47.8 Å². The van der Waals surface area contributed by atoms with Crippen LogP contribution in [0.15, 0.2) is 60.8 Å². The molecule has 0 aromatic carbocycles. The highest BCUT2D eigenvalue weighted by Gasteiger charge is 2.71. The number of aliphatic hydroxyl groups is 1. The van der Waals surface area contributed by atoms with Crippen LogP contribution in [0.2, 0.25) is 0 Å². The first kappa shape index (κ1) is 33.5. The molecule has 0 aromatic rings. The highest BCUT2D eigenvalue weighted by Crippen LogP contribution is 2.67. The lowest BCUT2D eigenvalue weighted by Crippen LogP contribution is -2.63. The molecule has 2 fully saturated rings. The van der Waals surface area contributed by atoms with Gasteiger partial charge in [-0.1, -0.05) is 76.6 Å². The third-order valence-electron chi connectivity index (χ3n) is 9.39. The Bertz CT molecular complexity index is 1120. The van der Waals surface area contributed by atoms with Crippen LogP contribution in [-0.2, 0) is 33.3 Å². The summed E-state index contributed by atoms with van der Waals surface area (Å²) in [6, 6.07) is 0. The maximum absolute atomic E-state index is 12.9. The van der Waals surface area contributed by atoms with Gasteiger partial charge in [0.05, 0.1) is 11.5 Å². The van der Waals surface area contributed by atoms with Gasteiger partial charge in [-0.05, 0) is 61.9 Å². The summed E-state index contributed by atoms with van der Waals surface area (Å²) < 4.78 is 23.3. The molecule has 1 saturated carbocycles. The molecule has 1 aliphatic heterocycles. The van der Waals surface area contributed by atoms with Crippen molar-refractivity contribution in [1.82, 2.24) is 0 Å². The average molecular weight is 585 g/mol. The van der Waals surface area contributed by atoms with E-state index in [9.17, 15) is 19.5 Å². The standard InChI is InChI=1S/C34H48O8/c1-8-10-11-12-13-14-15-16-30(38)41-26-20-27-31(39-24(5)35)42-32(40-25(6)36)34(27)28(21-26)33(7,18-17-22(3)9-2)23(4)19-29(34)37/h9,13-16,20,23,26,28-29,31-32,37H,2-3,8,10-12,17-19,21H2,1,4-7H3/b14-13-,16-15-. The van der Waals surface area contributed by atoms with Gasteiger partial charge in [-0.2, -0.15) is 0 Å². The molecule has 0 aromatic heterocycles. The van der Waals surface area contributed by atoms with Gasteiger partial charge >= 0.3 is 17.9 Å². The Hall–Kier alpha value is -2.97. The highest BCUT2D eigenvalue weighted by atomic mass is 16.8. The van der Waals surface area contributed by atoms with Gasteiger partial charge in [0.2, 0.25) is 12.6 Å². The molecular formula is C34H48O8. The molecule has 0 amide bonds. The molecule has 8 nitrogen and oxygen atoms in total. The first-order valence-corrected chi connectivity index (χ1v) is 15.1. The molecule has 0 bridgehead atoms. The molecular weight excluding hydrogens is 536 g/mol. The quantitative estimate of drug-likeness (QED) is 0.0675. The van der Waals surface area contributed by atoms with Gasteiger partial charge in [-0.15, -0.1) is 0 Å². The van der Waals surface area contributed by atoms with Crippen LogP contribution in [0.25, 0.3) is 0 Å². The summed E-state index contributed by atoms with van der Waals surface area (Å²) >= 11 is 0. The van der Waals surface area contributed by atoms with Crippen molar-refractivity contribution in [2.24, 2.45) is 22.7 Å². The number of carbonyl (C=O) groups is 3. The van der Waals surface area contributed by atoms with Crippen LogP contribution in [0.1, 0.15) is 86.0 Å². The molecule has 8 heteroatoms. The van der Waals surface area contributed by atoms with Gasteiger partial charge in [-0.25, -0.2) is 4.79 Å². The number of aliphatic hydroxyl groups excluding tert-OH is 1. The van der Waals surface area contributed by atoms with E-state index in [1.54, 1.807) is 18.2 Å². The summed E-state index contributed by atoms with van der Waals surface area (Å²) in [5, 5.41) is 11.8. The zero-order valence-corrected chi connectivity index (χ0v) is 25.8. The number of rotatable bonds is 13. The number of hydrogen-bond donors (Lipinski definition) is 1. The Morgan fingerprint density at radius 3 is 2.48 bits per heavy atom. The van der Waals surface area contributed by atoms with E-state index >= 15 is 0 Å². The molecule has 8 unspecified atom stereocenters. The molecule has 1 saturated heterocycles. The van der Waals surface area contributed by atoms with Crippen LogP contribution >= 0.6 is 0 Å². The fourth-order valence-corrected chi connectivity index (χ4v) is 7.02. The SMILES string of the molecule is C=CC(=C)CCC1(C)C(C)CC(O)C23C(=CC(OC(=O)/C=C\C=C/CCCCC)CC12)C(OC(C)=O)OC3OC(C)=O. The van der Waals surface area contributed by atoms with Crippen LogP contribution in [0.4, 0.5) is 0 Å². The second-order valence-corrected chi connectivity index (χ2v) is 12.1. The predicted molar refractivity (Wildman–Crippen MR) is 160 cm³/mol. The number of carbonyl (C=O) groups excluding carboxylic acids is 3. The molecule has 0 radical (unpaired) electrons. The van der Waals surface area contributed by atoms with Crippen molar-refractivity contribution < 1.29 is 38.4 Å². The Labute approximate surface area is 250 Å². The molecule has 1 spiro atoms. The molecule has 232 valence electrons. The molecule has 42 heavy (non-hydrogen) atoms. The third-order valence-corrected chi connectivity index (χ3v) is 9.39. The summed E-state index contributed by atoms with van der Waals surface area (Å²) in [5.41, 5.74) is -0.254. The minimum Gasteiger partial charge on any atom is -0.455 e. The van der Waals surface area contributed by atoms with Crippen molar-refractivity contribution in [3.05, 3.63) is 60.8 Å². The van der Waals surface area contributed by atoms with E-state index in [4.69, 9.17) is 18.9 Å². The second kappa shape index (κ2) is 14.5. The van der Waals surface area contributed by atoms with Crippen molar-refractivity contribution >= 4 is 17.9 Å². The van der Waals surface area contributed by atoms with E-state index in [0.717, 1.165) is 24.8 Å². The van der Waals surface area contributed by atoms with Gasteiger partial charge in [0.1, 0.15) is 6.10 Å². The Balaban J connectivity index is 2.03. The van der Waals surface area contributed by atoms with E-state index in [0.29, 0.717) is 31.3 Å². The van der Waals surface area contributed by atoms with Crippen LogP contribution in [0, 0.1) is 22.7 Å². The lowest BCUT2D eigenvalue weighted by atomic mass is 9.45. The molecule has 8 atom stereocenters. The Morgan fingerprint density at radius 2 is 1.83 bits per heavy atom. The van der Waals surface area contributed by atoms with Gasteiger partial charge < -0.3 is 19.3 Å². The number of allylic oxidation sites excluding steroid dienone is 5. The molecule has 1 heterocycles. The summed E-state index contributed by atoms with van der Waals surface area (Å²) in [7, 11) is 0. The van der Waals surface area contributed by atoms with Gasteiger partial charge in [0, 0.05) is 25.5 Å². The van der Waals surface area contributed by atoms with Crippen molar-refractivity contribution in [2.75, 3.05) is 0 Å². The van der Waals surface area contributed by atoms with Crippen molar-refractivity contribution in [1.29, 1.82) is 0 Å². The minimum absolute atomic E-state index is 0.0555. The largest absolute Gasteiger partial charge is 0.455 e. The Kier molecular flexibility index (Phi) is 11.6. The molecule has 1 N–H and O–H groups in total. The highest BCUT2D eigenvalue weighted by molar-refractivity contribution is 5.82. The summed E-state index contributed by atoms with van der Waals surface area (Å²) in [6.45, 7) is 16.9. The minimum atomic E-state index is -1.20. The van der Waals surface area contributed by atoms with Crippen LogP contribution < -0.4 is 0 Å². The zero-order chi connectivity index (χ0) is 31.1. The van der Waals surface area contributed by atoms with E-state index < -0.39 is 53.5 Å². The number of unbranched alkanes of at least 4 members (excludes halogenated alkanes) is 3. The fraction of sp³-hybridized carbons (Fsp3) is 0.618. The summed E-state index contributed by atoms with van der Waals surface area (Å²) in [5.74, 6) is -1.97. The first-order valence-electron chi connectivity index (χ1n) is 15.1. The first-order chi connectivity index (χ1) is 19.9. The second-order valence-electron chi connectivity index (χ2n) is 12.1. The van der Waals surface area contributed by atoms with Crippen molar-refractivity contribution in [3.63, 3.8) is 0 Å². The van der Waals surface area contributed by atoms with Gasteiger partial charge in [0.25, 0.3) is 0 Å². The lowest BCUT2D eigenvalue weighted by molar-refractivity contribution is -0.254. The van der Waals surface area contributed by atoms with E-state index in [1.165, 1.54) is 26.3 Å². The molecule has 3 rings (SSSR count). The molecule has 2 aliphatic carbocycles. The van der Waals surface area contributed by atoms with Gasteiger partial charge in [0.15, 0.2) is 0 Å². The summed E-state index contributed by atoms with van der Waals surface area (Å²) in [6.07, 6.45) is 12.9. The smallest absolute Gasteiger partial charge is 0.331 e. The number of hydrogen-bond acceptors (Lipinski definition) is 8. The van der Waals surface area contributed by atoms with E-state index in [-0.39, 0.29) is 11.8 Å². The van der Waals surface area contributed by atoms with E-state index in [1.807, 2.05) is 12.2 Å². The zero-order valence-electron chi connectivity index (χ0n) is 25.8. The number of ether oxygens (including phenoxy) is 4. The van der Waals surface area contributed by atoms with E-state index in [2.05, 4.69) is 33.9 Å². The van der Waals surface area contributed by atoms with Crippen LogP contribution in [0.5, 0.6) is 0 Å². The topological polar surface area (TPSA) is 108 Å². The predicted octanol–water partition coefficient (Wildman–Crippen LogP) is 6.26. The Morgan fingerprint density at radius 1 is 1.12 bits per heavy atom.